The number of anilines is 4. The highest BCUT2D eigenvalue weighted by Crippen LogP contribution is 2.34. The molecule has 2 aliphatic carbocycles. The van der Waals surface area contributed by atoms with E-state index in [-0.39, 0.29) is 34.9 Å². The number of nitrogen functional groups attached to an aromatic ring is 1. The molecule has 4 amide bonds. The van der Waals surface area contributed by atoms with Crippen molar-refractivity contribution in [3.05, 3.63) is 22.5 Å². The van der Waals surface area contributed by atoms with Crippen molar-refractivity contribution in [2.45, 2.75) is 170 Å². The van der Waals surface area contributed by atoms with Crippen LogP contribution in [-0.4, -0.2) is 97.2 Å². The van der Waals surface area contributed by atoms with Gasteiger partial charge in [-0.1, -0.05) is 26.7 Å². The van der Waals surface area contributed by atoms with Gasteiger partial charge in [-0.15, -0.1) is 4.90 Å². The average Bonchev–Trinajstić information content (AvgIpc) is 4.10. The highest BCUT2D eigenvalue weighted by atomic mass is 35.5. The molecule has 0 radical (unpaired) electrons. The molecule has 6 rings (SSSR count). The molecule has 2 aromatic heterocycles. The lowest BCUT2D eigenvalue weighted by molar-refractivity contribution is -0.133. The van der Waals surface area contributed by atoms with Crippen LogP contribution >= 0.6 is 11.6 Å². The summed E-state index contributed by atoms with van der Waals surface area (Å²) in [6, 6.07) is 0. The van der Waals surface area contributed by atoms with Crippen LogP contribution in [0.3, 0.4) is 0 Å². The molecular formula is C45H71ClN10O8. The standard InChI is InChI=1S/C26H43N5O6.C15H23N5O.C4H5ClO/c1-11-12-15-30(21(32)35-24(2,3)4)19-17-13-14-27-16-18(17)28-20(29-19)31(22(33)36-25(5,6)7)23(34)37-26(8,9)10;1-2-3-7-17-13-11-6-8-20(14(21)10-4-5-10)9-12(11)18-15(16)19-13;5-4(6)3-1-2-3/h27H,11-16H2,1-10H3;10H,2-9H2,1H3,(H3,16,17,18,19);3H,1-2H2. The second kappa shape index (κ2) is 22.4. The van der Waals surface area contributed by atoms with E-state index in [0.29, 0.717) is 55.4 Å². The Morgan fingerprint density at radius 2 is 1.34 bits per heavy atom. The molecule has 4 heterocycles. The third kappa shape index (κ3) is 16.3. The molecule has 0 unspecified atom stereocenters. The van der Waals surface area contributed by atoms with E-state index >= 15 is 0 Å². The molecule has 4 N–H and O–H groups in total. The number of hydrogen-bond acceptors (Lipinski definition) is 15. The average molecular weight is 916 g/mol. The molecule has 0 spiro atoms. The largest absolute Gasteiger partial charge is 0.443 e. The van der Waals surface area contributed by atoms with Crippen molar-refractivity contribution in [2.24, 2.45) is 11.8 Å². The number of imide groups is 1. The van der Waals surface area contributed by atoms with Crippen LogP contribution in [0.4, 0.5) is 37.9 Å². The molecule has 2 aromatic rings. The fourth-order valence-electron chi connectivity index (χ4n) is 6.49. The zero-order chi connectivity index (χ0) is 47.6. The molecule has 2 saturated carbocycles. The number of hydrogen-bond donors (Lipinski definition) is 3. The van der Waals surface area contributed by atoms with Crippen molar-refractivity contribution < 1.29 is 38.2 Å². The van der Waals surface area contributed by atoms with Crippen LogP contribution in [-0.2, 0) is 49.7 Å². The quantitative estimate of drug-likeness (QED) is 0.110. The first kappa shape index (κ1) is 51.8. The monoisotopic (exact) mass is 915 g/mol. The number of nitrogens with two attached hydrogens (primary N) is 1. The van der Waals surface area contributed by atoms with Crippen molar-refractivity contribution in [1.29, 1.82) is 0 Å². The minimum Gasteiger partial charge on any atom is -0.443 e. The zero-order valence-electron chi connectivity index (χ0n) is 39.8. The predicted octanol–water partition coefficient (Wildman–Crippen LogP) is 8.07. The topological polar surface area (TPSA) is 224 Å². The summed E-state index contributed by atoms with van der Waals surface area (Å²) in [5.74, 6) is 1.98. The van der Waals surface area contributed by atoms with E-state index in [4.69, 9.17) is 31.5 Å². The minimum absolute atomic E-state index is 0.157. The van der Waals surface area contributed by atoms with Gasteiger partial charge < -0.3 is 35.5 Å². The summed E-state index contributed by atoms with van der Waals surface area (Å²) in [6.07, 6.45) is 6.74. The number of halogens is 1. The van der Waals surface area contributed by atoms with Crippen LogP contribution in [0.5, 0.6) is 0 Å². The molecule has 0 bridgehead atoms. The number of carbonyl (C=O) groups excluding carboxylic acids is 5. The summed E-state index contributed by atoms with van der Waals surface area (Å²) in [4.78, 5) is 83.8. The van der Waals surface area contributed by atoms with E-state index in [1.54, 1.807) is 62.3 Å². The third-order valence-electron chi connectivity index (χ3n) is 9.90. The molecule has 0 aromatic carbocycles. The van der Waals surface area contributed by atoms with Gasteiger partial charge >= 0.3 is 18.3 Å². The molecule has 4 aliphatic rings. The molecule has 19 heteroatoms. The number of nitrogens with zero attached hydrogens (tertiary/aromatic N) is 7. The fraction of sp³-hybridized carbons (Fsp3) is 0.711. The smallest absolute Gasteiger partial charge is 0.427 e. The molecule has 2 fully saturated rings. The summed E-state index contributed by atoms with van der Waals surface area (Å²) < 4.78 is 16.7. The van der Waals surface area contributed by atoms with Gasteiger partial charge in [-0.2, -0.15) is 9.97 Å². The zero-order valence-corrected chi connectivity index (χ0v) is 40.6. The Balaban J connectivity index is 0.000000274. The SMILES string of the molecule is CCCCN(C(=O)OC(C)(C)C)c1nc(N(C(=O)OC(C)(C)C)C(=O)OC(C)(C)C)nc2c1CCNC2.CCCCNc1nc(N)nc2c1CCN(C(=O)C1CC1)C2.O=C(Cl)C1CC1. The number of amides is 4. The second-order valence-corrected chi connectivity index (χ2v) is 19.9. The Bertz CT molecular complexity index is 1940. The number of carbonyl (C=O) groups is 5. The van der Waals surface area contributed by atoms with Gasteiger partial charge in [0.05, 0.1) is 17.9 Å². The lowest BCUT2D eigenvalue weighted by Crippen LogP contribution is -2.45. The maximum atomic E-state index is 13.3. The van der Waals surface area contributed by atoms with Crippen LogP contribution in [0.25, 0.3) is 0 Å². The van der Waals surface area contributed by atoms with Crippen molar-refractivity contribution in [2.75, 3.05) is 47.0 Å². The van der Waals surface area contributed by atoms with E-state index in [2.05, 4.69) is 37.5 Å². The second-order valence-electron chi connectivity index (χ2n) is 19.5. The third-order valence-corrected chi connectivity index (χ3v) is 10.2. The van der Waals surface area contributed by atoms with Gasteiger partial charge in [-0.05, 0) is 132 Å². The normalized spacial score (nSPS) is 15.7. The summed E-state index contributed by atoms with van der Waals surface area (Å²) >= 11 is 5.04. The first-order valence-corrected chi connectivity index (χ1v) is 23.0. The van der Waals surface area contributed by atoms with E-state index in [9.17, 15) is 24.0 Å². The summed E-state index contributed by atoms with van der Waals surface area (Å²) in [5.41, 5.74) is 6.68. The Morgan fingerprint density at radius 1 is 0.766 bits per heavy atom. The van der Waals surface area contributed by atoms with Gasteiger partial charge in [0.2, 0.25) is 23.0 Å². The van der Waals surface area contributed by atoms with E-state index in [1.807, 2.05) is 11.8 Å². The number of aromatic nitrogens is 4. The van der Waals surface area contributed by atoms with Crippen LogP contribution < -0.4 is 26.2 Å². The first-order chi connectivity index (χ1) is 29.9. The fourth-order valence-corrected chi connectivity index (χ4v) is 6.70. The lowest BCUT2D eigenvalue weighted by atomic mass is 10.0. The summed E-state index contributed by atoms with van der Waals surface area (Å²) in [5, 5.41) is 6.44. The van der Waals surface area contributed by atoms with Gasteiger partial charge in [0.1, 0.15) is 28.4 Å². The Labute approximate surface area is 383 Å². The Morgan fingerprint density at radius 3 is 1.86 bits per heavy atom. The van der Waals surface area contributed by atoms with Gasteiger partial charge in [-0.3, -0.25) is 14.5 Å². The highest BCUT2D eigenvalue weighted by Gasteiger charge is 2.38. The minimum atomic E-state index is -0.978. The van der Waals surface area contributed by atoms with Crippen molar-refractivity contribution >= 4 is 64.6 Å². The van der Waals surface area contributed by atoms with Crippen molar-refractivity contribution in [3.8, 4) is 0 Å². The van der Waals surface area contributed by atoms with E-state index < -0.39 is 35.1 Å². The Kier molecular flexibility index (Phi) is 18.1. The van der Waals surface area contributed by atoms with Crippen LogP contribution in [0.2, 0.25) is 0 Å². The Hall–Kier alpha value is -4.84. The van der Waals surface area contributed by atoms with Crippen LogP contribution in [0.15, 0.2) is 0 Å². The molecule has 0 saturated heterocycles. The summed E-state index contributed by atoms with van der Waals surface area (Å²) in [6.45, 7) is 23.3. The molecule has 0 atom stereocenters. The first-order valence-electron chi connectivity index (χ1n) is 22.7. The van der Waals surface area contributed by atoms with Crippen molar-refractivity contribution in [3.63, 3.8) is 0 Å². The summed E-state index contributed by atoms with van der Waals surface area (Å²) in [7, 11) is 0. The van der Waals surface area contributed by atoms with Gasteiger partial charge in [0, 0.05) is 49.1 Å². The molecule has 18 nitrogen and oxygen atoms in total. The number of nitrogens with one attached hydrogen (secondary N) is 2. The number of rotatable bonds is 11. The van der Waals surface area contributed by atoms with E-state index in [1.165, 1.54) is 4.90 Å². The van der Waals surface area contributed by atoms with Crippen LogP contribution in [0.1, 0.15) is 150 Å². The van der Waals surface area contributed by atoms with Gasteiger partial charge in [-0.25, -0.2) is 24.4 Å². The molecule has 2 aliphatic heterocycles. The molecule has 356 valence electrons. The number of ether oxygens (including phenoxy) is 3. The maximum absolute atomic E-state index is 13.3. The maximum Gasteiger partial charge on any atom is 0.427 e. The predicted molar refractivity (Wildman–Crippen MR) is 246 cm³/mol. The number of fused-ring (bicyclic) bond motifs is 2. The highest BCUT2D eigenvalue weighted by molar-refractivity contribution is 6.64. The molecule has 64 heavy (non-hydrogen) atoms. The molecular weight excluding hydrogens is 844 g/mol. The van der Waals surface area contributed by atoms with Gasteiger partial charge in [0.15, 0.2) is 0 Å². The lowest BCUT2D eigenvalue weighted by Gasteiger charge is -2.31. The van der Waals surface area contributed by atoms with Crippen molar-refractivity contribution in [1.82, 2.24) is 30.2 Å². The van der Waals surface area contributed by atoms with Gasteiger partial charge in [0.25, 0.3) is 0 Å². The number of unbranched alkanes of at least 4 members (excludes halogenated alkanes) is 2. The van der Waals surface area contributed by atoms with E-state index in [0.717, 1.165) is 87.1 Å². The van der Waals surface area contributed by atoms with Crippen LogP contribution in [0, 0.1) is 11.8 Å².